The lowest BCUT2D eigenvalue weighted by Gasteiger charge is -2.42. The zero-order valence-corrected chi connectivity index (χ0v) is 20.4. The molecule has 0 bridgehead atoms. The van der Waals surface area contributed by atoms with Crippen molar-refractivity contribution in [2.24, 2.45) is 4.99 Å². The summed E-state index contributed by atoms with van der Waals surface area (Å²) >= 11 is 0. The van der Waals surface area contributed by atoms with Gasteiger partial charge in [0, 0.05) is 50.5 Å². The minimum absolute atomic E-state index is 0.190. The predicted molar refractivity (Wildman–Crippen MR) is 131 cm³/mol. The molecular weight excluding hydrogens is 416 g/mol. The van der Waals surface area contributed by atoms with Crippen molar-refractivity contribution in [2.75, 3.05) is 32.8 Å². The van der Waals surface area contributed by atoms with Crippen LogP contribution in [0.5, 0.6) is 5.75 Å². The van der Waals surface area contributed by atoms with Gasteiger partial charge in [-0.15, -0.1) is 0 Å². The van der Waals surface area contributed by atoms with Crippen molar-refractivity contribution >= 4 is 12.2 Å². The van der Waals surface area contributed by atoms with Crippen LogP contribution in [0.3, 0.4) is 0 Å². The van der Waals surface area contributed by atoms with Crippen molar-refractivity contribution in [3.63, 3.8) is 0 Å². The van der Waals surface area contributed by atoms with E-state index in [2.05, 4.69) is 51.5 Å². The molecule has 9 nitrogen and oxygen atoms in total. The molecule has 0 aromatic carbocycles. The number of fused-ring (bicyclic) bond motifs is 3. The Labute approximate surface area is 196 Å². The Morgan fingerprint density at radius 1 is 1.24 bits per heavy atom. The van der Waals surface area contributed by atoms with Crippen molar-refractivity contribution in [1.82, 2.24) is 29.7 Å². The first kappa shape index (κ1) is 23.4. The number of ether oxygens (including phenoxy) is 1. The molecule has 9 heteroatoms. The maximum Gasteiger partial charge on any atom is 0.155 e. The minimum Gasteiger partial charge on any atom is -0.489 e. The number of aromatic nitrogens is 3. The van der Waals surface area contributed by atoms with Crippen molar-refractivity contribution < 1.29 is 4.74 Å². The van der Waals surface area contributed by atoms with E-state index in [1.165, 1.54) is 0 Å². The van der Waals surface area contributed by atoms with Gasteiger partial charge < -0.3 is 14.6 Å². The molecule has 2 aromatic heterocycles. The Balaban J connectivity index is 1.57. The van der Waals surface area contributed by atoms with Gasteiger partial charge in [0.25, 0.3) is 0 Å². The minimum atomic E-state index is 0.190. The maximum atomic E-state index is 7.42. The van der Waals surface area contributed by atoms with E-state index in [4.69, 9.17) is 20.1 Å². The van der Waals surface area contributed by atoms with E-state index in [1.54, 1.807) is 0 Å². The summed E-state index contributed by atoms with van der Waals surface area (Å²) in [6, 6.07) is 2.30. The monoisotopic (exact) mass is 452 g/mol. The number of rotatable bonds is 5. The van der Waals surface area contributed by atoms with Crippen LogP contribution in [0.4, 0.5) is 0 Å². The van der Waals surface area contributed by atoms with Gasteiger partial charge in [0.1, 0.15) is 30.2 Å². The number of amidine groups is 1. The fourth-order valence-corrected chi connectivity index (χ4v) is 4.35. The van der Waals surface area contributed by atoms with Crippen molar-refractivity contribution in [1.29, 1.82) is 5.41 Å². The number of nitrogens with zero attached hydrogens (tertiary/aromatic N) is 6. The molecule has 1 fully saturated rings. The number of hydrogen-bond donors (Lipinski definition) is 2. The number of hydrogen-bond acceptors (Lipinski definition) is 6. The molecule has 4 heterocycles. The molecule has 2 aromatic rings. The molecule has 0 unspecified atom stereocenters. The van der Waals surface area contributed by atoms with E-state index in [0.717, 1.165) is 67.6 Å². The molecule has 4 rings (SSSR count). The zero-order chi connectivity index (χ0) is 23.6. The highest BCUT2D eigenvalue weighted by Crippen LogP contribution is 2.32. The fourth-order valence-electron chi connectivity index (χ4n) is 4.35. The molecule has 1 saturated heterocycles. The fraction of sp³-hybridized carbons (Fsp3) is 0.583. The van der Waals surface area contributed by atoms with E-state index in [-0.39, 0.29) is 11.6 Å². The number of nitrogens with one attached hydrogen (secondary N) is 2. The van der Waals surface area contributed by atoms with E-state index < -0.39 is 0 Å². The third-order valence-electron chi connectivity index (χ3n) is 6.10. The van der Waals surface area contributed by atoms with Crippen molar-refractivity contribution in [2.45, 2.75) is 59.3 Å². The summed E-state index contributed by atoms with van der Waals surface area (Å²) in [6.07, 6.45) is 4.87. The Kier molecular flexibility index (Phi) is 6.81. The molecule has 2 N–H and O–H groups in total. The van der Waals surface area contributed by atoms with E-state index in [1.807, 2.05) is 26.2 Å². The molecule has 0 saturated carbocycles. The normalized spacial score (nSPS) is 17.8. The molecule has 0 amide bonds. The number of pyridine rings is 1. The second-order valence-electron chi connectivity index (χ2n) is 10.0. The van der Waals surface area contributed by atoms with Crippen LogP contribution in [0.2, 0.25) is 0 Å². The molecule has 2 aliphatic rings. The molecule has 33 heavy (non-hydrogen) atoms. The van der Waals surface area contributed by atoms with Crippen LogP contribution in [0, 0.1) is 5.41 Å². The average Bonchev–Trinajstić information content (AvgIpc) is 3.10. The first-order valence-electron chi connectivity index (χ1n) is 11.7. The Bertz CT molecular complexity index is 1010. The third-order valence-corrected chi connectivity index (χ3v) is 6.10. The largest absolute Gasteiger partial charge is 0.489 e. The Morgan fingerprint density at radius 2 is 2.00 bits per heavy atom. The van der Waals surface area contributed by atoms with Gasteiger partial charge in [-0.1, -0.05) is 0 Å². The lowest BCUT2D eigenvalue weighted by Crippen LogP contribution is -2.53. The molecule has 0 atom stereocenters. The number of piperazine rings is 1. The van der Waals surface area contributed by atoms with Gasteiger partial charge in [0.2, 0.25) is 0 Å². The molecule has 0 radical (unpaired) electrons. The quantitative estimate of drug-likeness (QED) is 0.535. The van der Waals surface area contributed by atoms with Crippen LogP contribution in [0.15, 0.2) is 23.5 Å². The zero-order valence-electron chi connectivity index (χ0n) is 20.4. The van der Waals surface area contributed by atoms with Crippen LogP contribution >= 0.6 is 0 Å². The summed E-state index contributed by atoms with van der Waals surface area (Å²) in [5, 5.41) is 10.7. The number of aliphatic imine (C=N–C) groups is 1. The molecule has 0 spiro atoms. The smallest absolute Gasteiger partial charge is 0.155 e. The van der Waals surface area contributed by atoms with Gasteiger partial charge in [-0.25, -0.2) is 9.98 Å². The predicted octanol–water partition coefficient (Wildman–Crippen LogP) is 2.61. The highest BCUT2D eigenvalue weighted by atomic mass is 16.5. The second kappa shape index (κ2) is 9.61. The highest BCUT2D eigenvalue weighted by Gasteiger charge is 2.27. The summed E-state index contributed by atoms with van der Waals surface area (Å²) in [4.78, 5) is 18.8. The van der Waals surface area contributed by atoms with Crippen LogP contribution in [-0.2, 0) is 13.1 Å². The van der Waals surface area contributed by atoms with Gasteiger partial charge >= 0.3 is 0 Å². The van der Waals surface area contributed by atoms with E-state index >= 15 is 0 Å². The number of imidazole rings is 1. The Hall–Kier alpha value is -2.78. The lowest BCUT2D eigenvalue weighted by molar-refractivity contribution is 0.0586. The summed E-state index contributed by atoms with van der Waals surface area (Å²) in [5.74, 6) is 2.21. The first-order valence-corrected chi connectivity index (χ1v) is 11.7. The standard InChI is InChI=1S/C24H36N8O/c1-17(2)28-22(27-16-25)20-15-31-10-11-33-21-13-26-18(12-19(21)23(31)29-20)14-30-6-8-32(9-7-30)24(3,4)5/h12-13,15-17H,6-11,14H2,1-5H3,(H2,25,27,28). The second-order valence-corrected chi connectivity index (χ2v) is 10.0. The van der Waals surface area contributed by atoms with Crippen molar-refractivity contribution in [3.05, 3.63) is 29.8 Å². The Morgan fingerprint density at radius 3 is 2.67 bits per heavy atom. The lowest BCUT2D eigenvalue weighted by atomic mass is 10.0. The molecular formula is C24H36N8O. The molecule has 2 aliphatic heterocycles. The molecule has 178 valence electrons. The summed E-state index contributed by atoms with van der Waals surface area (Å²) in [5.41, 5.74) is 2.92. The van der Waals surface area contributed by atoms with Crippen molar-refractivity contribution in [3.8, 4) is 17.1 Å². The topological polar surface area (TPSA) is 94.7 Å². The SMILES string of the molecule is CC(C)N/C(=N\C=N)c1cn2c(n1)-c1cc(CN3CCN(C(C)(C)C)CC3)ncc1OCC2. The maximum absolute atomic E-state index is 7.42. The summed E-state index contributed by atoms with van der Waals surface area (Å²) in [7, 11) is 0. The van der Waals surface area contributed by atoms with Crippen LogP contribution in [0.25, 0.3) is 11.4 Å². The van der Waals surface area contributed by atoms with Gasteiger partial charge in [-0.2, -0.15) is 0 Å². The highest BCUT2D eigenvalue weighted by molar-refractivity contribution is 6.01. The van der Waals surface area contributed by atoms with Crippen LogP contribution < -0.4 is 10.1 Å². The van der Waals surface area contributed by atoms with Gasteiger partial charge in [0.15, 0.2) is 5.84 Å². The van der Waals surface area contributed by atoms with Gasteiger partial charge in [0.05, 0.1) is 24.0 Å². The van der Waals surface area contributed by atoms with Gasteiger partial charge in [-0.05, 0) is 40.7 Å². The summed E-state index contributed by atoms with van der Waals surface area (Å²) in [6.45, 7) is 17.2. The van der Waals surface area contributed by atoms with Crippen LogP contribution in [0.1, 0.15) is 46.0 Å². The van der Waals surface area contributed by atoms with Gasteiger partial charge in [-0.3, -0.25) is 20.2 Å². The first-order chi connectivity index (χ1) is 15.7. The summed E-state index contributed by atoms with van der Waals surface area (Å²) < 4.78 is 8.08. The van der Waals surface area contributed by atoms with Crippen LogP contribution in [-0.4, -0.2) is 80.9 Å². The third kappa shape index (κ3) is 5.42. The molecule has 0 aliphatic carbocycles. The van der Waals surface area contributed by atoms with E-state index in [0.29, 0.717) is 19.0 Å². The average molecular weight is 453 g/mol. The van der Waals surface area contributed by atoms with E-state index in [9.17, 15) is 0 Å².